The van der Waals surface area contributed by atoms with Gasteiger partial charge in [-0.15, -0.1) is 5.10 Å². The van der Waals surface area contributed by atoms with Crippen LogP contribution < -0.4 is 5.73 Å². The van der Waals surface area contributed by atoms with Gasteiger partial charge in [0.15, 0.2) is 5.69 Å². The molecule has 0 aliphatic heterocycles. The molecule has 96 valence electrons. The van der Waals surface area contributed by atoms with Crippen molar-refractivity contribution in [2.75, 3.05) is 7.11 Å². The fourth-order valence-electron chi connectivity index (χ4n) is 1.48. The van der Waals surface area contributed by atoms with E-state index in [9.17, 15) is 9.90 Å². The van der Waals surface area contributed by atoms with E-state index in [0.717, 1.165) is 0 Å². The van der Waals surface area contributed by atoms with Crippen molar-refractivity contribution in [2.45, 2.75) is 39.0 Å². The highest BCUT2D eigenvalue weighted by atomic mass is 16.5. The Morgan fingerprint density at radius 1 is 1.59 bits per heavy atom. The number of hydrogen-bond donors (Lipinski definition) is 2. The van der Waals surface area contributed by atoms with Crippen LogP contribution in [0.15, 0.2) is 0 Å². The average molecular weight is 242 g/mol. The van der Waals surface area contributed by atoms with E-state index in [1.807, 2.05) is 0 Å². The second-order valence-electron chi connectivity index (χ2n) is 3.93. The lowest BCUT2D eigenvalue weighted by Crippen LogP contribution is -2.18. The minimum Gasteiger partial charge on any atom is -0.393 e. The maximum absolute atomic E-state index is 11.2. The third-order valence-corrected chi connectivity index (χ3v) is 2.50. The van der Waals surface area contributed by atoms with E-state index in [1.165, 1.54) is 7.11 Å². The Bertz CT molecular complexity index is 389. The van der Waals surface area contributed by atoms with Gasteiger partial charge < -0.3 is 15.6 Å². The monoisotopic (exact) mass is 242 g/mol. The zero-order valence-corrected chi connectivity index (χ0v) is 10.3. The van der Waals surface area contributed by atoms with Gasteiger partial charge >= 0.3 is 0 Å². The van der Waals surface area contributed by atoms with Crippen LogP contribution in [0.5, 0.6) is 0 Å². The van der Waals surface area contributed by atoms with Gasteiger partial charge in [0.1, 0.15) is 5.69 Å². The molecular formula is C10H18N4O3. The van der Waals surface area contributed by atoms with Crippen molar-refractivity contribution in [1.29, 1.82) is 0 Å². The SMILES string of the molecule is COC(C)c1c(C(N)=O)nnn1CCC(C)O. The first-order chi connectivity index (χ1) is 7.97. The van der Waals surface area contributed by atoms with Crippen LogP contribution >= 0.6 is 0 Å². The summed E-state index contributed by atoms with van der Waals surface area (Å²) in [5.74, 6) is -0.632. The summed E-state index contributed by atoms with van der Waals surface area (Å²) in [6.45, 7) is 3.93. The van der Waals surface area contributed by atoms with Crippen LogP contribution in [0.4, 0.5) is 0 Å². The lowest BCUT2D eigenvalue weighted by molar-refractivity contribution is 0.0957. The maximum Gasteiger partial charge on any atom is 0.271 e. The van der Waals surface area contributed by atoms with E-state index in [1.54, 1.807) is 18.5 Å². The molecule has 0 saturated carbocycles. The summed E-state index contributed by atoms with van der Waals surface area (Å²) in [4.78, 5) is 11.2. The molecule has 1 rings (SSSR count). The standard InChI is InChI=1S/C10H18N4O3/c1-6(15)4-5-14-9(7(2)17-3)8(10(11)16)12-13-14/h6-7,15H,4-5H2,1-3H3,(H2,11,16). The zero-order chi connectivity index (χ0) is 13.0. The van der Waals surface area contributed by atoms with Crippen molar-refractivity contribution < 1.29 is 14.6 Å². The van der Waals surface area contributed by atoms with Crippen molar-refractivity contribution in [1.82, 2.24) is 15.0 Å². The number of rotatable bonds is 6. The average Bonchev–Trinajstić information content (AvgIpc) is 2.68. The van der Waals surface area contributed by atoms with E-state index in [-0.39, 0.29) is 11.8 Å². The van der Waals surface area contributed by atoms with Crippen LogP contribution in [-0.4, -0.2) is 39.2 Å². The lowest BCUT2D eigenvalue weighted by Gasteiger charge is -2.13. The molecule has 0 aliphatic carbocycles. The summed E-state index contributed by atoms with van der Waals surface area (Å²) in [5.41, 5.74) is 5.87. The topological polar surface area (TPSA) is 103 Å². The predicted octanol–water partition coefficient (Wildman–Crippen LogP) is -0.145. The van der Waals surface area contributed by atoms with Crippen molar-refractivity contribution in [2.24, 2.45) is 5.73 Å². The zero-order valence-electron chi connectivity index (χ0n) is 10.3. The molecule has 2 atom stereocenters. The molecule has 2 unspecified atom stereocenters. The lowest BCUT2D eigenvalue weighted by atomic mass is 10.2. The van der Waals surface area contributed by atoms with Crippen LogP contribution in [0, 0.1) is 0 Å². The molecule has 1 aromatic heterocycles. The molecule has 0 fully saturated rings. The van der Waals surface area contributed by atoms with Gasteiger partial charge in [0, 0.05) is 13.7 Å². The molecule has 7 heteroatoms. The molecule has 0 radical (unpaired) electrons. The number of carbonyl (C=O) groups is 1. The largest absolute Gasteiger partial charge is 0.393 e. The molecule has 1 heterocycles. The Labute approximate surface area is 99.6 Å². The highest BCUT2D eigenvalue weighted by Gasteiger charge is 2.22. The van der Waals surface area contributed by atoms with Gasteiger partial charge in [-0.05, 0) is 20.3 Å². The Kier molecular flexibility index (Phi) is 4.59. The van der Waals surface area contributed by atoms with Crippen LogP contribution in [0.3, 0.4) is 0 Å². The smallest absolute Gasteiger partial charge is 0.271 e. The van der Waals surface area contributed by atoms with Gasteiger partial charge in [-0.1, -0.05) is 5.21 Å². The van der Waals surface area contributed by atoms with Crippen molar-refractivity contribution in [3.8, 4) is 0 Å². The second-order valence-corrected chi connectivity index (χ2v) is 3.93. The molecule has 1 aromatic rings. The minimum atomic E-state index is -0.632. The summed E-state index contributed by atoms with van der Waals surface area (Å²) in [6, 6.07) is 0. The third-order valence-electron chi connectivity index (χ3n) is 2.50. The van der Waals surface area contributed by atoms with Crippen LogP contribution in [0.1, 0.15) is 42.6 Å². The van der Waals surface area contributed by atoms with Gasteiger partial charge in [-0.25, -0.2) is 4.68 Å². The van der Waals surface area contributed by atoms with Gasteiger partial charge in [0.05, 0.1) is 12.2 Å². The number of aliphatic hydroxyl groups is 1. The van der Waals surface area contributed by atoms with E-state index < -0.39 is 12.0 Å². The summed E-state index contributed by atoms with van der Waals surface area (Å²) >= 11 is 0. The van der Waals surface area contributed by atoms with E-state index >= 15 is 0 Å². The number of aryl methyl sites for hydroxylation is 1. The van der Waals surface area contributed by atoms with Crippen LogP contribution in [0.2, 0.25) is 0 Å². The maximum atomic E-state index is 11.2. The molecule has 0 bridgehead atoms. The molecule has 0 spiro atoms. The Hall–Kier alpha value is -1.47. The van der Waals surface area contributed by atoms with Crippen molar-refractivity contribution in [3.05, 3.63) is 11.4 Å². The highest BCUT2D eigenvalue weighted by Crippen LogP contribution is 2.19. The molecule has 0 saturated heterocycles. The second kappa shape index (κ2) is 5.74. The first kappa shape index (κ1) is 13.6. The number of aliphatic hydroxyl groups excluding tert-OH is 1. The van der Waals surface area contributed by atoms with Crippen molar-refractivity contribution in [3.63, 3.8) is 0 Å². The quantitative estimate of drug-likeness (QED) is 0.722. The Balaban J connectivity index is 3.00. The summed E-state index contributed by atoms with van der Waals surface area (Å²) in [5, 5.41) is 16.8. The van der Waals surface area contributed by atoms with Gasteiger partial charge in [0.25, 0.3) is 5.91 Å². The molecule has 7 nitrogen and oxygen atoms in total. The molecule has 3 N–H and O–H groups in total. The molecule has 17 heavy (non-hydrogen) atoms. The number of hydrogen-bond acceptors (Lipinski definition) is 5. The number of primary amides is 1. The molecule has 0 aromatic carbocycles. The number of methoxy groups -OCH3 is 1. The normalized spacial score (nSPS) is 14.6. The van der Waals surface area contributed by atoms with Crippen LogP contribution in [0.25, 0.3) is 0 Å². The highest BCUT2D eigenvalue weighted by molar-refractivity contribution is 5.91. The molecule has 0 aliphatic rings. The number of nitrogens with zero attached hydrogens (tertiary/aromatic N) is 3. The van der Waals surface area contributed by atoms with Gasteiger partial charge in [-0.3, -0.25) is 4.79 Å². The fraction of sp³-hybridized carbons (Fsp3) is 0.700. The van der Waals surface area contributed by atoms with Crippen molar-refractivity contribution >= 4 is 5.91 Å². The van der Waals surface area contributed by atoms with Gasteiger partial charge in [0.2, 0.25) is 0 Å². The van der Waals surface area contributed by atoms with Gasteiger partial charge in [-0.2, -0.15) is 0 Å². The third kappa shape index (κ3) is 3.24. The van der Waals surface area contributed by atoms with E-state index in [2.05, 4.69) is 10.3 Å². The predicted molar refractivity (Wildman–Crippen MR) is 60.3 cm³/mol. The minimum absolute atomic E-state index is 0.116. The number of aromatic nitrogens is 3. The summed E-state index contributed by atoms with van der Waals surface area (Å²) in [6.07, 6.45) is -0.256. The Morgan fingerprint density at radius 3 is 2.71 bits per heavy atom. The molecule has 1 amide bonds. The number of nitrogens with two attached hydrogens (primary N) is 1. The molecular weight excluding hydrogens is 224 g/mol. The van der Waals surface area contributed by atoms with E-state index in [0.29, 0.717) is 18.7 Å². The summed E-state index contributed by atoms with van der Waals surface area (Å²) < 4.78 is 6.70. The Morgan fingerprint density at radius 2 is 2.24 bits per heavy atom. The fourth-order valence-corrected chi connectivity index (χ4v) is 1.48. The first-order valence-electron chi connectivity index (χ1n) is 5.41. The number of amides is 1. The number of ether oxygens (including phenoxy) is 1. The summed E-state index contributed by atoms with van der Waals surface area (Å²) in [7, 11) is 1.53. The first-order valence-corrected chi connectivity index (χ1v) is 5.41. The van der Waals surface area contributed by atoms with E-state index in [4.69, 9.17) is 10.5 Å². The number of carbonyl (C=O) groups excluding carboxylic acids is 1. The van der Waals surface area contributed by atoms with Crippen LogP contribution in [-0.2, 0) is 11.3 Å².